The number of Topliss-reactive ketones (excluding diaryl/α,β-unsaturated/α-hetero) is 1. The van der Waals surface area contributed by atoms with Crippen molar-refractivity contribution in [3.63, 3.8) is 0 Å². The molecular formula is C8H12O. The molecule has 0 N–H and O–H groups in total. The van der Waals surface area contributed by atoms with E-state index in [4.69, 9.17) is 0 Å². The zero-order chi connectivity index (χ0) is 7.02. The second kappa shape index (κ2) is 1.98. The first kappa shape index (κ1) is 6.53. The molecule has 1 heteroatoms. The van der Waals surface area contributed by atoms with E-state index < -0.39 is 0 Å². The molecule has 0 aromatic heterocycles. The standard InChI is InChI=1S/C8H12O/c1-5-4-8(9)7(3)6(5)2/h5H,4H2,1-3H3. The summed E-state index contributed by atoms with van der Waals surface area (Å²) >= 11 is 0. The SMILES string of the molecule is CC1=C(C)C(C)CC1=O. The van der Waals surface area contributed by atoms with Crippen LogP contribution >= 0.6 is 0 Å². The van der Waals surface area contributed by atoms with E-state index in [1.807, 2.05) is 13.8 Å². The van der Waals surface area contributed by atoms with Crippen LogP contribution in [0, 0.1) is 5.92 Å². The summed E-state index contributed by atoms with van der Waals surface area (Å²) in [5, 5.41) is 0. The third-order valence-corrected chi connectivity index (χ3v) is 2.24. The number of carbonyl (C=O) groups is 1. The van der Waals surface area contributed by atoms with Crippen molar-refractivity contribution in [1.82, 2.24) is 0 Å². The van der Waals surface area contributed by atoms with Gasteiger partial charge in [0, 0.05) is 6.42 Å². The quantitative estimate of drug-likeness (QED) is 0.482. The lowest BCUT2D eigenvalue weighted by atomic mass is 10.1. The number of hydrogen-bond donors (Lipinski definition) is 0. The third-order valence-electron chi connectivity index (χ3n) is 2.24. The second-order valence-corrected chi connectivity index (χ2v) is 2.84. The highest BCUT2D eigenvalue weighted by Gasteiger charge is 2.22. The van der Waals surface area contributed by atoms with E-state index in [9.17, 15) is 4.79 Å². The van der Waals surface area contributed by atoms with Crippen molar-refractivity contribution in [3.8, 4) is 0 Å². The average molecular weight is 124 g/mol. The van der Waals surface area contributed by atoms with Crippen LogP contribution in [0.5, 0.6) is 0 Å². The predicted octanol–water partition coefficient (Wildman–Crippen LogP) is 1.93. The third kappa shape index (κ3) is 0.913. The van der Waals surface area contributed by atoms with Gasteiger partial charge in [0.05, 0.1) is 0 Å². The molecule has 0 saturated carbocycles. The molecule has 0 aromatic rings. The Bertz CT molecular complexity index is 177. The van der Waals surface area contributed by atoms with Gasteiger partial charge in [0.15, 0.2) is 5.78 Å². The lowest BCUT2D eigenvalue weighted by Crippen LogP contribution is -1.93. The molecule has 0 aromatic carbocycles. The number of carbonyl (C=O) groups excluding carboxylic acids is 1. The fourth-order valence-electron chi connectivity index (χ4n) is 1.17. The lowest BCUT2D eigenvalue weighted by molar-refractivity contribution is -0.115. The van der Waals surface area contributed by atoms with Gasteiger partial charge < -0.3 is 0 Å². The van der Waals surface area contributed by atoms with Gasteiger partial charge in [-0.2, -0.15) is 0 Å². The predicted molar refractivity (Wildman–Crippen MR) is 37.2 cm³/mol. The van der Waals surface area contributed by atoms with Crippen LogP contribution in [0.2, 0.25) is 0 Å². The highest BCUT2D eigenvalue weighted by Crippen LogP contribution is 2.27. The van der Waals surface area contributed by atoms with Gasteiger partial charge >= 0.3 is 0 Å². The number of hydrogen-bond acceptors (Lipinski definition) is 1. The minimum atomic E-state index is 0.333. The Balaban J connectivity index is 2.92. The summed E-state index contributed by atoms with van der Waals surface area (Å²) < 4.78 is 0. The second-order valence-electron chi connectivity index (χ2n) is 2.84. The molecule has 1 unspecified atom stereocenters. The summed E-state index contributed by atoms with van der Waals surface area (Å²) in [5.41, 5.74) is 2.27. The van der Waals surface area contributed by atoms with Gasteiger partial charge in [-0.05, 0) is 25.3 Å². The average Bonchev–Trinajstić information content (AvgIpc) is 1.98. The van der Waals surface area contributed by atoms with Crippen LogP contribution in [0.15, 0.2) is 11.1 Å². The summed E-state index contributed by atoms with van der Waals surface area (Å²) in [6.07, 6.45) is 0.734. The van der Waals surface area contributed by atoms with Gasteiger partial charge in [-0.15, -0.1) is 0 Å². The van der Waals surface area contributed by atoms with Crippen LogP contribution in [0.25, 0.3) is 0 Å². The highest BCUT2D eigenvalue weighted by atomic mass is 16.1. The topological polar surface area (TPSA) is 17.1 Å². The maximum Gasteiger partial charge on any atom is 0.159 e. The molecule has 1 aliphatic carbocycles. The molecule has 0 amide bonds. The van der Waals surface area contributed by atoms with Crippen LogP contribution in [0.3, 0.4) is 0 Å². The van der Waals surface area contributed by atoms with E-state index in [0.717, 1.165) is 12.0 Å². The van der Waals surface area contributed by atoms with Crippen molar-refractivity contribution in [2.75, 3.05) is 0 Å². The Morgan fingerprint density at radius 2 is 2.00 bits per heavy atom. The maximum absolute atomic E-state index is 10.9. The summed E-state index contributed by atoms with van der Waals surface area (Å²) in [5.74, 6) is 0.831. The molecule has 0 fully saturated rings. The minimum Gasteiger partial charge on any atom is -0.295 e. The van der Waals surface area contributed by atoms with Crippen LogP contribution in [-0.2, 0) is 4.79 Å². The first-order valence-electron chi connectivity index (χ1n) is 3.33. The van der Waals surface area contributed by atoms with Crippen LogP contribution < -0.4 is 0 Å². The van der Waals surface area contributed by atoms with Crippen molar-refractivity contribution in [2.24, 2.45) is 5.92 Å². The normalized spacial score (nSPS) is 27.9. The highest BCUT2D eigenvalue weighted by molar-refractivity contribution is 5.98. The monoisotopic (exact) mass is 124 g/mol. The molecule has 0 heterocycles. The summed E-state index contributed by atoms with van der Waals surface area (Å²) in [4.78, 5) is 10.9. The summed E-state index contributed by atoms with van der Waals surface area (Å²) in [7, 11) is 0. The van der Waals surface area contributed by atoms with Crippen molar-refractivity contribution in [3.05, 3.63) is 11.1 Å². The van der Waals surface area contributed by atoms with Crippen LogP contribution in [-0.4, -0.2) is 5.78 Å². The Kier molecular flexibility index (Phi) is 1.43. The van der Waals surface area contributed by atoms with E-state index in [1.54, 1.807) is 0 Å². The van der Waals surface area contributed by atoms with Crippen molar-refractivity contribution in [1.29, 1.82) is 0 Å². The fraction of sp³-hybridized carbons (Fsp3) is 0.625. The van der Waals surface area contributed by atoms with E-state index >= 15 is 0 Å². The van der Waals surface area contributed by atoms with Crippen molar-refractivity contribution >= 4 is 5.78 Å². The zero-order valence-corrected chi connectivity index (χ0v) is 6.19. The van der Waals surface area contributed by atoms with Gasteiger partial charge in [0.2, 0.25) is 0 Å². The van der Waals surface area contributed by atoms with Crippen LogP contribution in [0.1, 0.15) is 27.2 Å². The maximum atomic E-state index is 10.9. The van der Waals surface area contributed by atoms with Crippen molar-refractivity contribution < 1.29 is 4.79 Å². The Labute approximate surface area is 55.8 Å². The molecule has 1 aliphatic rings. The Hall–Kier alpha value is -0.590. The van der Waals surface area contributed by atoms with E-state index in [-0.39, 0.29) is 0 Å². The summed E-state index contributed by atoms with van der Waals surface area (Å²) in [6, 6.07) is 0. The molecule has 0 radical (unpaired) electrons. The Morgan fingerprint density at radius 1 is 1.44 bits per heavy atom. The fourth-order valence-corrected chi connectivity index (χ4v) is 1.17. The Morgan fingerprint density at radius 3 is 2.11 bits per heavy atom. The lowest BCUT2D eigenvalue weighted by Gasteiger charge is -1.98. The van der Waals surface area contributed by atoms with E-state index in [2.05, 4.69) is 6.92 Å². The first-order valence-corrected chi connectivity index (χ1v) is 3.33. The van der Waals surface area contributed by atoms with Gasteiger partial charge in [0.1, 0.15) is 0 Å². The first-order chi connectivity index (χ1) is 4.13. The number of rotatable bonds is 0. The largest absolute Gasteiger partial charge is 0.295 e. The molecule has 0 saturated heterocycles. The number of ketones is 1. The van der Waals surface area contributed by atoms with Gasteiger partial charge in [0.25, 0.3) is 0 Å². The molecular weight excluding hydrogens is 112 g/mol. The smallest absolute Gasteiger partial charge is 0.159 e. The molecule has 50 valence electrons. The molecule has 0 aliphatic heterocycles. The molecule has 0 spiro atoms. The zero-order valence-electron chi connectivity index (χ0n) is 6.19. The van der Waals surface area contributed by atoms with Crippen molar-refractivity contribution in [2.45, 2.75) is 27.2 Å². The summed E-state index contributed by atoms with van der Waals surface area (Å²) in [6.45, 7) is 6.07. The molecule has 1 nitrogen and oxygen atoms in total. The van der Waals surface area contributed by atoms with E-state index in [0.29, 0.717) is 11.7 Å². The van der Waals surface area contributed by atoms with Crippen LogP contribution in [0.4, 0.5) is 0 Å². The molecule has 0 bridgehead atoms. The molecule has 9 heavy (non-hydrogen) atoms. The van der Waals surface area contributed by atoms with Gasteiger partial charge in [-0.25, -0.2) is 0 Å². The number of allylic oxidation sites excluding steroid dienone is 2. The van der Waals surface area contributed by atoms with Gasteiger partial charge in [-0.3, -0.25) is 4.79 Å². The minimum absolute atomic E-state index is 0.333. The molecule has 1 rings (SSSR count). The molecule has 1 atom stereocenters. The van der Waals surface area contributed by atoms with Gasteiger partial charge in [-0.1, -0.05) is 12.5 Å². The van der Waals surface area contributed by atoms with E-state index in [1.165, 1.54) is 5.57 Å².